The van der Waals surface area contributed by atoms with Crippen molar-refractivity contribution < 1.29 is 9.47 Å². The van der Waals surface area contributed by atoms with Crippen LogP contribution in [0.2, 0.25) is 0 Å². The van der Waals surface area contributed by atoms with Gasteiger partial charge >= 0.3 is 0 Å². The molecule has 1 saturated heterocycles. The highest BCUT2D eigenvalue weighted by molar-refractivity contribution is 9.10. The van der Waals surface area contributed by atoms with Crippen LogP contribution in [0.15, 0.2) is 22.7 Å². The lowest BCUT2D eigenvalue weighted by Gasteiger charge is -2.45. The maximum absolute atomic E-state index is 9.54. The molecule has 1 unspecified atom stereocenters. The summed E-state index contributed by atoms with van der Waals surface area (Å²) in [6.07, 6.45) is 0. The van der Waals surface area contributed by atoms with Gasteiger partial charge in [0.15, 0.2) is 0 Å². The molecule has 4 nitrogen and oxygen atoms in total. The van der Waals surface area contributed by atoms with E-state index in [0.29, 0.717) is 13.2 Å². The lowest BCUT2D eigenvalue weighted by Crippen LogP contribution is -2.50. The maximum atomic E-state index is 9.54. The second-order valence-corrected chi connectivity index (χ2v) is 5.93. The first kappa shape index (κ1) is 14.3. The van der Waals surface area contributed by atoms with E-state index in [4.69, 9.17) is 9.47 Å². The van der Waals surface area contributed by atoms with Gasteiger partial charge in [0.05, 0.1) is 32.4 Å². The molecule has 1 fully saturated rings. The Morgan fingerprint density at radius 2 is 2.16 bits per heavy atom. The van der Waals surface area contributed by atoms with Gasteiger partial charge in [0.1, 0.15) is 11.2 Å². The van der Waals surface area contributed by atoms with Gasteiger partial charge in [0.2, 0.25) is 0 Å². The summed E-state index contributed by atoms with van der Waals surface area (Å²) in [6.45, 7) is 0.921. The molecular formula is C14H17BrN2O2. The van der Waals surface area contributed by atoms with Crippen molar-refractivity contribution in [1.82, 2.24) is 4.90 Å². The highest BCUT2D eigenvalue weighted by atomic mass is 79.9. The Morgan fingerprint density at radius 3 is 2.58 bits per heavy atom. The second-order valence-electron chi connectivity index (χ2n) is 5.01. The molecule has 0 bridgehead atoms. The van der Waals surface area contributed by atoms with Crippen molar-refractivity contribution in [2.24, 2.45) is 5.41 Å². The lowest BCUT2D eigenvalue weighted by atomic mass is 9.75. The monoisotopic (exact) mass is 324 g/mol. The minimum atomic E-state index is -0.502. The normalized spacial score (nSPS) is 18.5. The van der Waals surface area contributed by atoms with Crippen molar-refractivity contribution in [2.75, 3.05) is 34.4 Å². The van der Waals surface area contributed by atoms with Crippen LogP contribution in [0.3, 0.4) is 0 Å². The number of ether oxygens (including phenoxy) is 2. The largest absolute Gasteiger partial charge is 0.496 e. The first-order valence-electron chi connectivity index (χ1n) is 6.03. The van der Waals surface area contributed by atoms with E-state index in [1.54, 1.807) is 7.11 Å². The van der Waals surface area contributed by atoms with Crippen LogP contribution in [0, 0.1) is 16.7 Å². The van der Waals surface area contributed by atoms with Gasteiger partial charge in [-0.05, 0) is 32.3 Å². The number of hydrogen-bond donors (Lipinski definition) is 0. The van der Waals surface area contributed by atoms with Crippen molar-refractivity contribution in [2.45, 2.75) is 6.04 Å². The van der Waals surface area contributed by atoms with Crippen molar-refractivity contribution in [3.05, 3.63) is 28.2 Å². The van der Waals surface area contributed by atoms with Gasteiger partial charge in [-0.25, -0.2) is 0 Å². The van der Waals surface area contributed by atoms with Gasteiger partial charge in [-0.1, -0.05) is 15.9 Å². The van der Waals surface area contributed by atoms with Crippen molar-refractivity contribution >= 4 is 15.9 Å². The number of rotatable bonds is 4. The Hall–Kier alpha value is -1.09. The number of nitrogens with zero attached hydrogens (tertiary/aromatic N) is 2. The summed E-state index contributed by atoms with van der Waals surface area (Å²) in [5.74, 6) is 0.795. The molecule has 0 radical (unpaired) electrons. The molecule has 1 aliphatic rings. The van der Waals surface area contributed by atoms with Crippen LogP contribution in [0.5, 0.6) is 5.75 Å². The molecular weight excluding hydrogens is 308 g/mol. The fourth-order valence-corrected chi connectivity index (χ4v) is 2.97. The van der Waals surface area contributed by atoms with E-state index in [-0.39, 0.29) is 6.04 Å². The van der Waals surface area contributed by atoms with Crippen molar-refractivity contribution in [1.29, 1.82) is 5.26 Å². The summed E-state index contributed by atoms with van der Waals surface area (Å²) in [5.41, 5.74) is 0.504. The molecule has 102 valence electrons. The summed E-state index contributed by atoms with van der Waals surface area (Å²) in [6, 6.07) is 8.24. The highest BCUT2D eigenvalue weighted by Gasteiger charge is 2.49. The van der Waals surface area contributed by atoms with Gasteiger partial charge in [-0.2, -0.15) is 5.26 Å². The summed E-state index contributed by atoms with van der Waals surface area (Å²) < 4.78 is 11.7. The molecule has 0 N–H and O–H groups in total. The van der Waals surface area contributed by atoms with E-state index in [1.165, 1.54) is 0 Å². The van der Waals surface area contributed by atoms with E-state index in [2.05, 4.69) is 26.9 Å². The number of halogens is 1. The van der Waals surface area contributed by atoms with Gasteiger partial charge in [0, 0.05) is 10.0 Å². The zero-order valence-electron chi connectivity index (χ0n) is 11.3. The molecule has 1 aromatic carbocycles. The minimum absolute atomic E-state index is 0.0568. The molecule has 19 heavy (non-hydrogen) atoms. The molecule has 0 aliphatic carbocycles. The van der Waals surface area contributed by atoms with E-state index in [0.717, 1.165) is 15.8 Å². The molecule has 0 spiro atoms. The third-order valence-corrected chi connectivity index (χ3v) is 3.96. The summed E-state index contributed by atoms with van der Waals surface area (Å²) >= 11 is 3.48. The highest BCUT2D eigenvalue weighted by Crippen LogP contribution is 2.46. The Kier molecular flexibility index (Phi) is 4.14. The Labute approximate surface area is 122 Å². The van der Waals surface area contributed by atoms with Crippen molar-refractivity contribution in [3.8, 4) is 11.8 Å². The Balaban J connectivity index is 2.51. The van der Waals surface area contributed by atoms with E-state index in [1.807, 2.05) is 32.3 Å². The standard InChI is InChI=1S/C14H17BrN2O2/c1-17(2)13(14(7-16)8-19-9-14)11-6-10(15)4-5-12(11)18-3/h4-6,13H,8-9H2,1-3H3. The third-order valence-electron chi connectivity index (χ3n) is 3.47. The third kappa shape index (κ3) is 2.48. The van der Waals surface area contributed by atoms with Gasteiger partial charge in [0.25, 0.3) is 0 Å². The van der Waals surface area contributed by atoms with Crippen LogP contribution in [0.25, 0.3) is 0 Å². The Morgan fingerprint density at radius 1 is 1.47 bits per heavy atom. The lowest BCUT2D eigenvalue weighted by molar-refractivity contribution is -0.116. The SMILES string of the molecule is COc1ccc(Br)cc1C(N(C)C)C1(C#N)COC1. The molecule has 1 heterocycles. The second kappa shape index (κ2) is 5.49. The molecule has 2 rings (SSSR count). The summed E-state index contributed by atoms with van der Waals surface area (Å²) in [7, 11) is 5.60. The Bertz CT molecular complexity index is 507. The van der Waals surface area contributed by atoms with Crippen LogP contribution in [-0.4, -0.2) is 39.3 Å². The summed E-state index contributed by atoms with van der Waals surface area (Å²) in [4.78, 5) is 2.05. The fraction of sp³-hybridized carbons (Fsp3) is 0.500. The molecule has 0 aromatic heterocycles. The predicted molar refractivity (Wildman–Crippen MR) is 76.0 cm³/mol. The zero-order valence-corrected chi connectivity index (χ0v) is 12.9. The zero-order chi connectivity index (χ0) is 14.0. The number of nitriles is 1. The predicted octanol–water partition coefficient (Wildman–Crippen LogP) is 2.60. The molecule has 1 aromatic rings. The fourth-order valence-electron chi connectivity index (χ4n) is 2.59. The molecule has 5 heteroatoms. The molecule has 1 aliphatic heterocycles. The van der Waals surface area contributed by atoms with Crippen molar-refractivity contribution in [3.63, 3.8) is 0 Å². The van der Waals surface area contributed by atoms with E-state index in [9.17, 15) is 5.26 Å². The van der Waals surface area contributed by atoms with Gasteiger partial charge in [-0.15, -0.1) is 0 Å². The van der Waals surface area contributed by atoms with Crippen LogP contribution in [0.1, 0.15) is 11.6 Å². The molecule has 0 amide bonds. The van der Waals surface area contributed by atoms with Gasteiger partial charge < -0.3 is 14.4 Å². The quantitative estimate of drug-likeness (QED) is 0.854. The first-order chi connectivity index (χ1) is 9.04. The molecule has 1 atom stereocenters. The average Bonchev–Trinajstić information content (AvgIpc) is 2.33. The smallest absolute Gasteiger partial charge is 0.123 e. The van der Waals surface area contributed by atoms with Crippen LogP contribution in [-0.2, 0) is 4.74 Å². The van der Waals surface area contributed by atoms with E-state index < -0.39 is 5.41 Å². The van der Waals surface area contributed by atoms with Gasteiger partial charge in [-0.3, -0.25) is 0 Å². The van der Waals surface area contributed by atoms with Crippen LogP contribution >= 0.6 is 15.9 Å². The van der Waals surface area contributed by atoms with Crippen LogP contribution in [0.4, 0.5) is 0 Å². The topological polar surface area (TPSA) is 45.5 Å². The minimum Gasteiger partial charge on any atom is -0.496 e. The number of benzene rings is 1. The number of methoxy groups -OCH3 is 1. The number of hydrogen-bond acceptors (Lipinski definition) is 4. The van der Waals surface area contributed by atoms with E-state index >= 15 is 0 Å². The first-order valence-corrected chi connectivity index (χ1v) is 6.82. The average molecular weight is 325 g/mol. The van der Waals surface area contributed by atoms with Crippen LogP contribution < -0.4 is 4.74 Å². The molecule has 0 saturated carbocycles. The maximum Gasteiger partial charge on any atom is 0.123 e. The summed E-state index contributed by atoms with van der Waals surface area (Å²) in [5, 5.41) is 9.54.